The second-order valence-corrected chi connectivity index (χ2v) is 8.30. The van der Waals surface area contributed by atoms with Crippen LogP contribution in [0.3, 0.4) is 0 Å². The zero-order valence-corrected chi connectivity index (χ0v) is 17.2. The Labute approximate surface area is 173 Å². The van der Waals surface area contributed by atoms with Gasteiger partial charge in [0.25, 0.3) is 5.91 Å². The summed E-state index contributed by atoms with van der Waals surface area (Å²) < 4.78 is 18.2. The van der Waals surface area contributed by atoms with Crippen LogP contribution in [0.1, 0.15) is 33.1 Å². The Balaban J connectivity index is 1.55. The molecule has 152 valence electrons. The number of amides is 1. The highest BCUT2D eigenvalue weighted by Crippen LogP contribution is 2.39. The molecule has 29 heavy (non-hydrogen) atoms. The van der Waals surface area contributed by atoms with Crippen molar-refractivity contribution in [2.24, 2.45) is 0 Å². The van der Waals surface area contributed by atoms with Gasteiger partial charge < -0.3 is 10.1 Å². The molecule has 0 unspecified atom stereocenters. The van der Waals surface area contributed by atoms with Gasteiger partial charge in [0.05, 0.1) is 11.5 Å². The number of fused-ring (bicyclic) bond motifs is 1. The molecular weight excluding hydrogens is 389 g/mol. The number of hydrogen-bond acceptors (Lipinski definition) is 5. The van der Waals surface area contributed by atoms with Crippen LogP contribution in [-0.2, 0) is 11.3 Å². The number of pyridine rings is 1. The third-order valence-corrected chi connectivity index (χ3v) is 6.43. The SMILES string of the molecule is COCCNC(=O)c1sc2ncccc2c1[C@H]1CCN(Cc2ccc(F)cc2)C1. The van der Waals surface area contributed by atoms with Crippen molar-refractivity contribution >= 4 is 27.5 Å². The van der Waals surface area contributed by atoms with Crippen LogP contribution < -0.4 is 5.32 Å². The van der Waals surface area contributed by atoms with Crippen molar-refractivity contribution in [3.05, 3.63) is 64.4 Å². The summed E-state index contributed by atoms with van der Waals surface area (Å²) in [6.07, 6.45) is 2.75. The average Bonchev–Trinajstić information content (AvgIpc) is 3.34. The van der Waals surface area contributed by atoms with E-state index in [1.807, 2.05) is 18.2 Å². The van der Waals surface area contributed by atoms with Crippen LogP contribution in [0, 0.1) is 5.82 Å². The maximum absolute atomic E-state index is 13.2. The smallest absolute Gasteiger partial charge is 0.261 e. The number of halogens is 1. The Morgan fingerprint density at radius 1 is 1.34 bits per heavy atom. The highest BCUT2D eigenvalue weighted by atomic mass is 32.1. The molecule has 0 spiro atoms. The second kappa shape index (κ2) is 8.98. The first-order valence-electron chi connectivity index (χ1n) is 9.77. The molecule has 4 rings (SSSR count). The van der Waals surface area contributed by atoms with Gasteiger partial charge in [-0.25, -0.2) is 9.37 Å². The number of rotatable bonds is 7. The zero-order chi connectivity index (χ0) is 20.2. The van der Waals surface area contributed by atoms with Gasteiger partial charge in [-0.15, -0.1) is 11.3 Å². The van der Waals surface area contributed by atoms with Crippen molar-refractivity contribution in [3.8, 4) is 0 Å². The largest absolute Gasteiger partial charge is 0.383 e. The van der Waals surface area contributed by atoms with E-state index >= 15 is 0 Å². The van der Waals surface area contributed by atoms with Gasteiger partial charge >= 0.3 is 0 Å². The van der Waals surface area contributed by atoms with Crippen LogP contribution in [0.15, 0.2) is 42.6 Å². The highest BCUT2D eigenvalue weighted by Gasteiger charge is 2.30. The lowest BCUT2D eigenvalue weighted by Gasteiger charge is -2.17. The first-order valence-corrected chi connectivity index (χ1v) is 10.6. The quantitative estimate of drug-likeness (QED) is 0.599. The molecule has 0 radical (unpaired) electrons. The van der Waals surface area contributed by atoms with Crippen molar-refractivity contribution in [1.82, 2.24) is 15.2 Å². The summed E-state index contributed by atoms with van der Waals surface area (Å²) in [5.74, 6) is 0.00280. The minimum atomic E-state index is -0.214. The molecule has 1 aliphatic rings. The van der Waals surface area contributed by atoms with E-state index < -0.39 is 0 Å². The number of nitrogens with one attached hydrogen (secondary N) is 1. The van der Waals surface area contributed by atoms with Gasteiger partial charge in [0, 0.05) is 44.2 Å². The van der Waals surface area contributed by atoms with E-state index in [1.165, 1.54) is 23.5 Å². The van der Waals surface area contributed by atoms with Crippen LogP contribution in [0.25, 0.3) is 10.2 Å². The molecule has 7 heteroatoms. The maximum Gasteiger partial charge on any atom is 0.261 e. The van der Waals surface area contributed by atoms with Crippen molar-refractivity contribution in [2.75, 3.05) is 33.4 Å². The predicted octanol–water partition coefficient (Wildman–Crippen LogP) is 3.80. The van der Waals surface area contributed by atoms with E-state index in [0.717, 1.165) is 52.3 Å². The monoisotopic (exact) mass is 413 g/mol. The van der Waals surface area contributed by atoms with Crippen molar-refractivity contribution in [3.63, 3.8) is 0 Å². The van der Waals surface area contributed by atoms with Gasteiger partial charge in [-0.2, -0.15) is 0 Å². The van der Waals surface area contributed by atoms with E-state index in [2.05, 4.69) is 21.3 Å². The molecule has 3 heterocycles. The summed E-state index contributed by atoms with van der Waals surface area (Å²) in [6, 6.07) is 10.7. The van der Waals surface area contributed by atoms with Crippen LogP contribution in [-0.4, -0.2) is 49.1 Å². The Hall–Kier alpha value is -2.35. The molecule has 1 amide bonds. The fourth-order valence-corrected chi connectivity index (χ4v) is 5.08. The van der Waals surface area contributed by atoms with E-state index in [-0.39, 0.29) is 17.6 Å². The predicted molar refractivity (Wildman–Crippen MR) is 113 cm³/mol. The molecular formula is C22H24FN3O2S. The number of carbonyl (C=O) groups excluding carboxylic acids is 1. The third kappa shape index (κ3) is 4.47. The molecule has 1 fully saturated rings. The van der Waals surface area contributed by atoms with Crippen molar-refractivity contribution in [1.29, 1.82) is 0 Å². The number of aromatic nitrogens is 1. The molecule has 0 bridgehead atoms. The standard InChI is InChI=1S/C22H24FN3O2S/c1-28-12-10-24-21(27)20-19(18-3-2-9-25-22(18)29-20)16-8-11-26(14-16)13-15-4-6-17(23)7-5-15/h2-7,9,16H,8,10-14H2,1H3,(H,24,27)/t16-/m0/s1. The summed E-state index contributed by atoms with van der Waals surface area (Å²) in [4.78, 5) is 21.3. The van der Waals surface area contributed by atoms with Gasteiger partial charge in [-0.05, 0) is 42.3 Å². The van der Waals surface area contributed by atoms with Gasteiger partial charge in [0.2, 0.25) is 0 Å². The van der Waals surface area contributed by atoms with Gasteiger partial charge in [-0.3, -0.25) is 9.69 Å². The van der Waals surface area contributed by atoms with Crippen molar-refractivity contribution in [2.45, 2.75) is 18.9 Å². The van der Waals surface area contributed by atoms with E-state index in [1.54, 1.807) is 13.3 Å². The average molecular weight is 414 g/mol. The lowest BCUT2D eigenvalue weighted by molar-refractivity contribution is 0.0940. The lowest BCUT2D eigenvalue weighted by Crippen LogP contribution is -2.27. The van der Waals surface area contributed by atoms with Crippen LogP contribution in [0.5, 0.6) is 0 Å². The van der Waals surface area contributed by atoms with Crippen molar-refractivity contribution < 1.29 is 13.9 Å². The highest BCUT2D eigenvalue weighted by molar-refractivity contribution is 7.20. The summed E-state index contributed by atoms with van der Waals surface area (Å²) in [7, 11) is 1.62. The van der Waals surface area contributed by atoms with Gasteiger partial charge in [0.1, 0.15) is 10.6 Å². The number of likely N-dealkylation sites (tertiary alicyclic amines) is 1. The second-order valence-electron chi connectivity index (χ2n) is 7.30. The van der Waals surface area contributed by atoms with Gasteiger partial charge in [0.15, 0.2) is 0 Å². The number of methoxy groups -OCH3 is 1. The molecule has 0 aliphatic carbocycles. The first-order chi connectivity index (χ1) is 14.2. The fourth-order valence-electron chi connectivity index (χ4n) is 3.93. The molecule has 1 aromatic carbocycles. The van der Waals surface area contributed by atoms with Crippen LogP contribution in [0.2, 0.25) is 0 Å². The van der Waals surface area contributed by atoms with E-state index in [0.29, 0.717) is 13.2 Å². The number of carbonyl (C=O) groups is 1. The summed E-state index contributed by atoms with van der Waals surface area (Å²) in [6.45, 7) is 3.57. The van der Waals surface area contributed by atoms with Crippen LogP contribution in [0.4, 0.5) is 4.39 Å². The molecule has 2 aromatic heterocycles. The minimum Gasteiger partial charge on any atom is -0.383 e. The minimum absolute atomic E-state index is 0.0583. The Morgan fingerprint density at radius 2 is 2.17 bits per heavy atom. The Morgan fingerprint density at radius 3 is 2.97 bits per heavy atom. The molecule has 1 aliphatic heterocycles. The Kier molecular flexibility index (Phi) is 6.18. The topological polar surface area (TPSA) is 54.5 Å². The molecule has 1 saturated heterocycles. The summed E-state index contributed by atoms with van der Waals surface area (Å²) >= 11 is 1.46. The number of benzene rings is 1. The van der Waals surface area contributed by atoms with E-state index in [9.17, 15) is 9.18 Å². The summed E-state index contributed by atoms with van der Waals surface area (Å²) in [5.41, 5.74) is 2.20. The number of hydrogen-bond donors (Lipinski definition) is 1. The molecule has 5 nitrogen and oxygen atoms in total. The van der Waals surface area contributed by atoms with E-state index in [4.69, 9.17) is 4.74 Å². The Bertz CT molecular complexity index is 989. The molecule has 1 N–H and O–H groups in total. The lowest BCUT2D eigenvalue weighted by atomic mass is 9.95. The first kappa shape index (κ1) is 19.9. The van der Waals surface area contributed by atoms with Gasteiger partial charge in [-0.1, -0.05) is 18.2 Å². The molecule has 3 aromatic rings. The summed E-state index contributed by atoms with van der Waals surface area (Å²) in [5, 5.41) is 4.02. The maximum atomic E-state index is 13.2. The van der Waals surface area contributed by atoms with Crippen LogP contribution >= 0.6 is 11.3 Å². The third-order valence-electron chi connectivity index (χ3n) is 5.30. The molecule has 0 saturated carbocycles. The number of nitrogens with zero attached hydrogens (tertiary/aromatic N) is 2. The number of ether oxygens (including phenoxy) is 1. The zero-order valence-electron chi connectivity index (χ0n) is 16.4. The number of thiophene rings is 1. The normalized spacial score (nSPS) is 17.1. The molecule has 1 atom stereocenters. The fraction of sp³-hybridized carbons (Fsp3) is 0.364.